The molecule has 37 heavy (non-hydrogen) atoms. The number of amides is 2. The number of halogens is 1. The number of aliphatic hydroxyl groups excluding tert-OH is 1. The molecule has 4 rings (SSSR count). The van der Waals surface area contributed by atoms with Crippen molar-refractivity contribution >= 4 is 46.8 Å². The van der Waals surface area contributed by atoms with Crippen molar-refractivity contribution in [2.45, 2.75) is 54.6 Å². The van der Waals surface area contributed by atoms with Crippen LogP contribution in [-0.4, -0.2) is 69.6 Å². The summed E-state index contributed by atoms with van der Waals surface area (Å²) in [5.74, 6) is -2.00. The van der Waals surface area contributed by atoms with Gasteiger partial charge in [0.05, 0.1) is 23.2 Å². The van der Waals surface area contributed by atoms with Crippen molar-refractivity contribution in [2.24, 2.45) is 11.8 Å². The van der Waals surface area contributed by atoms with Crippen LogP contribution in [0.1, 0.15) is 39.0 Å². The summed E-state index contributed by atoms with van der Waals surface area (Å²) in [6.45, 7) is 10.4. The van der Waals surface area contributed by atoms with Crippen molar-refractivity contribution in [3.63, 3.8) is 0 Å². The second-order valence-electron chi connectivity index (χ2n) is 10.1. The van der Waals surface area contributed by atoms with Crippen LogP contribution in [0.3, 0.4) is 0 Å². The number of nitrogens with zero attached hydrogens (tertiary/aromatic N) is 2. The second kappa shape index (κ2) is 11.2. The minimum atomic E-state index is -0.739. The van der Waals surface area contributed by atoms with Gasteiger partial charge < -0.3 is 19.6 Å². The molecule has 5 atom stereocenters. The smallest absolute Gasteiger partial charge is 0.311 e. The Labute approximate surface area is 227 Å². The number of rotatable bonds is 12. The van der Waals surface area contributed by atoms with Crippen molar-refractivity contribution in [2.75, 3.05) is 31.2 Å². The highest BCUT2D eigenvalue weighted by Gasteiger charge is 2.77. The normalized spacial score (nSPS) is 29.8. The third-order valence-corrected chi connectivity index (χ3v) is 10.1. The summed E-state index contributed by atoms with van der Waals surface area (Å²) in [5.41, 5.74) is 0.668. The maximum Gasteiger partial charge on any atom is 0.311 e. The van der Waals surface area contributed by atoms with Crippen molar-refractivity contribution in [1.29, 1.82) is 0 Å². The van der Waals surface area contributed by atoms with Crippen LogP contribution in [0.2, 0.25) is 5.02 Å². The molecule has 1 N–H and O–H groups in total. The minimum absolute atomic E-state index is 0.00759. The lowest BCUT2D eigenvalue weighted by molar-refractivity contribution is -0.155. The highest BCUT2D eigenvalue weighted by Crippen LogP contribution is 2.71. The van der Waals surface area contributed by atoms with E-state index in [1.54, 1.807) is 58.0 Å². The van der Waals surface area contributed by atoms with Gasteiger partial charge in [-0.25, -0.2) is 0 Å². The molecule has 7 nitrogen and oxygen atoms in total. The van der Waals surface area contributed by atoms with Gasteiger partial charge in [-0.15, -0.1) is 24.9 Å². The van der Waals surface area contributed by atoms with E-state index in [0.29, 0.717) is 42.9 Å². The molecule has 3 fully saturated rings. The molecular formula is C28H35ClN2O5S. The Bertz CT molecular complexity index is 1070. The standard InChI is InChI=1S/C28H35ClN2O5S/c1-4-6-18-36-26(35)22-21-24(33)31(16-7-8-17-32)23(28(21)14-13-27(22,3)37-28)25(34)30(15-5-2)20-11-9-19(29)10-12-20/h4-5,9-12,21-23,32H,1-2,6-8,13-18H2,3H3/t21-,22-,23?,27+,28?/m0/s1. The number of anilines is 1. The van der Waals surface area contributed by atoms with Gasteiger partial charge in [-0.1, -0.05) is 23.8 Å². The van der Waals surface area contributed by atoms with Crippen molar-refractivity contribution < 1.29 is 24.2 Å². The van der Waals surface area contributed by atoms with E-state index in [0.717, 1.165) is 6.42 Å². The molecule has 0 aromatic heterocycles. The lowest BCUT2D eigenvalue weighted by atomic mass is 9.66. The number of unbranched alkanes of at least 4 members (excludes halogenated alkanes) is 1. The summed E-state index contributed by atoms with van der Waals surface area (Å²) in [5, 5.41) is 9.91. The van der Waals surface area contributed by atoms with Gasteiger partial charge in [0.1, 0.15) is 6.04 Å². The number of hydrogen-bond acceptors (Lipinski definition) is 6. The molecule has 2 unspecified atom stereocenters. The number of aliphatic hydroxyl groups is 1. The molecule has 1 aromatic rings. The number of thioether (sulfide) groups is 1. The molecule has 3 aliphatic heterocycles. The van der Waals surface area contributed by atoms with Gasteiger partial charge in [0.25, 0.3) is 5.91 Å². The van der Waals surface area contributed by atoms with Crippen LogP contribution in [0.25, 0.3) is 0 Å². The van der Waals surface area contributed by atoms with E-state index in [4.69, 9.17) is 16.3 Å². The van der Waals surface area contributed by atoms with Crippen LogP contribution >= 0.6 is 23.4 Å². The summed E-state index contributed by atoms with van der Waals surface area (Å²) >= 11 is 7.71. The molecule has 2 bridgehead atoms. The number of carbonyl (C=O) groups excluding carboxylic acids is 3. The SMILES string of the molecule is C=CCCOC(=O)[C@@H]1[C@H]2C(=O)N(CCCCO)C(C(=O)N(CC=C)c3ccc(Cl)cc3)C23CC[C@@]1(C)S3. The highest BCUT2D eigenvalue weighted by molar-refractivity contribution is 8.02. The molecule has 3 heterocycles. The van der Waals surface area contributed by atoms with Gasteiger partial charge in [0.15, 0.2) is 0 Å². The van der Waals surface area contributed by atoms with E-state index in [-0.39, 0.29) is 37.5 Å². The fraction of sp³-hybridized carbons (Fsp3) is 0.536. The first kappa shape index (κ1) is 27.7. The van der Waals surface area contributed by atoms with Crippen LogP contribution in [0, 0.1) is 11.8 Å². The quantitative estimate of drug-likeness (QED) is 0.240. The van der Waals surface area contributed by atoms with E-state index in [9.17, 15) is 19.5 Å². The Morgan fingerprint density at radius 2 is 1.97 bits per heavy atom. The van der Waals surface area contributed by atoms with E-state index < -0.39 is 27.4 Å². The average molecular weight is 547 g/mol. The van der Waals surface area contributed by atoms with Crippen LogP contribution in [0.5, 0.6) is 0 Å². The molecule has 2 amide bonds. The average Bonchev–Trinajstić information content (AvgIpc) is 3.44. The van der Waals surface area contributed by atoms with E-state index in [2.05, 4.69) is 13.2 Å². The molecule has 0 radical (unpaired) electrons. The number of fused-ring (bicyclic) bond motifs is 1. The van der Waals surface area contributed by atoms with Gasteiger partial charge in [-0.2, -0.15) is 0 Å². The van der Waals surface area contributed by atoms with Crippen molar-refractivity contribution in [3.05, 3.63) is 54.6 Å². The number of hydrogen-bond donors (Lipinski definition) is 1. The molecule has 3 saturated heterocycles. The zero-order valence-corrected chi connectivity index (χ0v) is 22.8. The predicted molar refractivity (Wildman–Crippen MR) is 147 cm³/mol. The first-order valence-corrected chi connectivity index (χ1v) is 14.0. The van der Waals surface area contributed by atoms with Crippen LogP contribution in [0.15, 0.2) is 49.6 Å². The topological polar surface area (TPSA) is 87.1 Å². The number of ether oxygens (including phenoxy) is 1. The van der Waals surface area contributed by atoms with Crippen molar-refractivity contribution in [1.82, 2.24) is 4.90 Å². The first-order chi connectivity index (χ1) is 17.7. The van der Waals surface area contributed by atoms with Crippen LogP contribution in [0.4, 0.5) is 5.69 Å². The van der Waals surface area contributed by atoms with Gasteiger partial charge >= 0.3 is 5.97 Å². The van der Waals surface area contributed by atoms with Crippen molar-refractivity contribution in [3.8, 4) is 0 Å². The molecular weight excluding hydrogens is 512 g/mol. The lowest BCUT2D eigenvalue weighted by Gasteiger charge is -2.37. The summed E-state index contributed by atoms with van der Waals surface area (Å²) in [6, 6.07) is 6.29. The summed E-state index contributed by atoms with van der Waals surface area (Å²) in [4.78, 5) is 45.1. The maximum atomic E-state index is 14.4. The first-order valence-electron chi connectivity index (χ1n) is 12.8. The lowest BCUT2D eigenvalue weighted by Crippen LogP contribution is -2.55. The van der Waals surface area contributed by atoms with Crippen LogP contribution in [-0.2, 0) is 19.1 Å². The van der Waals surface area contributed by atoms with Crippen LogP contribution < -0.4 is 4.90 Å². The molecule has 0 saturated carbocycles. The monoisotopic (exact) mass is 546 g/mol. The zero-order valence-electron chi connectivity index (χ0n) is 21.2. The third-order valence-electron chi connectivity index (χ3n) is 7.85. The Balaban J connectivity index is 1.74. The molecule has 0 aliphatic carbocycles. The Kier molecular flexibility index (Phi) is 8.41. The zero-order chi connectivity index (χ0) is 26.8. The number of benzene rings is 1. The Morgan fingerprint density at radius 3 is 2.62 bits per heavy atom. The van der Waals surface area contributed by atoms with Gasteiger partial charge in [-0.3, -0.25) is 14.4 Å². The largest absolute Gasteiger partial charge is 0.465 e. The predicted octanol–water partition coefficient (Wildman–Crippen LogP) is 4.23. The Hall–Kier alpha value is -2.29. The fourth-order valence-electron chi connectivity index (χ4n) is 6.25. The van der Waals surface area contributed by atoms with Gasteiger partial charge in [0, 0.05) is 35.2 Å². The maximum absolute atomic E-state index is 14.4. The van der Waals surface area contributed by atoms with E-state index >= 15 is 0 Å². The Morgan fingerprint density at radius 1 is 1.24 bits per heavy atom. The number of esters is 1. The van der Waals surface area contributed by atoms with E-state index in [1.165, 1.54) is 0 Å². The molecule has 1 aromatic carbocycles. The molecule has 1 spiro atoms. The van der Waals surface area contributed by atoms with Gasteiger partial charge in [0.2, 0.25) is 5.91 Å². The second-order valence-corrected chi connectivity index (χ2v) is 12.5. The molecule has 3 aliphatic rings. The number of likely N-dealkylation sites (tertiary alicyclic amines) is 1. The summed E-state index contributed by atoms with van der Waals surface area (Å²) < 4.78 is 4.38. The third kappa shape index (κ3) is 4.84. The minimum Gasteiger partial charge on any atom is -0.465 e. The number of carbonyl (C=O) groups is 3. The fourth-order valence-corrected chi connectivity index (χ4v) is 8.72. The summed E-state index contributed by atoms with van der Waals surface area (Å²) in [6.07, 6.45) is 6.36. The molecule has 200 valence electrons. The van der Waals surface area contributed by atoms with E-state index in [1.807, 2.05) is 6.92 Å². The highest BCUT2D eigenvalue weighted by atomic mass is 35.5. The van der Waals surface area contributed by atoms with Gasteiger partial charge in [-0.05, 0) is 63.3 Å². The molecule has 9 heteroatoms. The summed E-state index contributed by atoms with van der Waals surface area (Å²) in [7, 11) is 0.